The smallest absolute Gasteiger partial charge is 0.407 e. The Hall–Kier alpha value is -3.53. The highest BCUT2D eigenvalue weighted by atomic mass is 19.1. The summed E-state index contributed by atoms with van der Waals surface area (Å²) in [6.07, 6.45) is 0.440. The van der Waals surface area contributed by atoms with Crippen LogP contribution in [0.1, 0.15) is 67.2 Å². The number of amides is 3. The van der Waals surface area contributed by atoms with Crippen molar-refractivity contribution < 1.29 is 27.9 Å². The number of carbonyl (C=O) groups excluding carboxylic acids is 3. The lowest BCUT2D eigenvalue weighted by molar-refractivity contribution is 0.0315. The number of ether oxygens (including phenoxy) is 1. The van der Waals surface area contributed by atoms with Crippen LogP contribution >= 0.6 is 0 Å². The average molecular weight is 573 g/mol. The molecule has 0 bridgehead atoms. The Bertz CT molecular complexity index is 1140. The van der Waals surface area contributed by atoms with Gasteiger partial charge in [-0.1, -0.05) is 36.4 Å². The fourth-order valence-electron chi connectivity index (χ4n) is 4.67. The number of halogens is 2. The van der Waals surface area contributed by atoms with Gasteiger partial charge < -0.3 is 25.6 Å². The molecule has 2 fully saturated rings. The van der Waals surface area contributed by atoms with Crippen molar-refractivity contribution in [2.75, 3.05) is 39.3 Å². The van der Waals surface area contributed by atoms with Gasteiger partial charge in [0, 0.05) is 69.5 Å². The molecule has 0 atom stereocenters. The van der Waals surface area contributed by atoms with Crippen LogP contribution in [0, 0.1) is 0 Å². The van der Waals surface area contributed by atoms with Crippen LogP contribution in [0.15, 0.2) is 60.7 Å². The average Bonchev–Trinajstić information content (AvgIpc) is 2.97. The number of likely N-dealkylation sites (tertiary alicyclic amines) is 2. The zero-order chi connectivity index (χ0) is 30.1. The molecule has 224 valence electrons. The minimum absolute atomic E-state index is 0.0235. The second kappa shape index (κ2) is 13.9. The van der Waals surface area contributed by atoms with E-state index in [1.54, 1.807) is 67.0 Å². The van der Waals surface area contributed by atoms with Crippen molar-refractivity contribution in [3.8, 4) is 0 Å². The minimum Gasteiger partial charge on any atom is -0.444 e. The van der Waals surface area contributed by atoms with Gasteiger partial charge in [0.1, 0.15) is 16.9 Å². The van der Waals surface area contributed by atoms with Gasteiger partial charge in [-0.2, -0.15) is 0 Å². The van der Waals surface area contributed by atoms with E-state index in [-0.39, 0.29) is 37.7 Å². The van der Waals surface area contributed by atoms with Crippen LogP contribution in [0.4, 0.5) is 13.6 Å². The van der Waals surface area contributed by atoms with Gasteiger partial charge in [-0.05, 0) is 45.0 Å². The van der Waals surface area contributed by atoms with E-state index in [0.717, 1.165) is 0 Å². The molecule has 2 aliphatic rings. The van der Waals surface area contributed by atoms with Gasteiger partial charge in [0.05, 0.1) is 6.54 Å². The lowest BCUT2D eigenvalue weighted by Crippen LogP contribution is -2.50. The Morgan fingerprint density at radius 1 is 0.780 bits per heavy atom. The Labute approximate surface area is 241 Å². The quantitative estimate of drug-likeness (QED) is 0.538. The molecule has 0 aliphatic carbocycles. The number of benzene rings is 2. The number of nitrogens with one attached hydrogen (secondary N) is 1. The number of rotatable bonds is 5. The SMILES string of the molecule is CC(C)(C)OC(=O)NCC1(F)CCN(C(=O)c2ccccc2)CC1.NCC1(F)CCN(C(=O)c2ccccc2)CC1. The lowest BCUT2D eigenvalue weighted by Gasteiger charge is -2.36. The third kappa shape index (κ3) is 9.81. The molecule has 2 aromatic carbocycles. The first-order chi connectivity index (χ1) is 19.3. The van der Waals surface area contributed by atoms with Gasteiger partial charge >= 0.3 is 6.09 Å². The predicted octanol–water partition coefficient (Wildman–Crippen LogP) is 4.75. The van der Waals surface area contributed by atoms with Crippen molar-refractivity contribution >= 4 is 17.9 Å². The molecule has 0 spiro atoms. The zero-order valence-electron chi connectivity index (χ0n) is 24.2. The topological polar surface area (TPSA) is 105 Å². The zero-order valence-corrected chi connectivity index (χ0v) is 24.2. The summed E-state index contributed by atoms with van der Waals surface area (Å²) in [6.45, 7) is 6.77. The Morgan fingerprint density at radius 2 is 1.17 bits per heavy atom. The van der Waals surface area contributed by atoms with Crippen LogP contribution in [-0.2, 0) is 4.74 Å². The fourth-order valence-corrected chi connectivity index (χ4v) is 4.67. The van der Waals surface area contributed by atoms with Crippen LogP contribution < -0.4 is 11.1 Å². The summed E-state index contributed by atoms with van der Waals surface area (Å²) in [4.78, 5) is 39.4. The summed E-state index contributed by atoms with van der Waals surface area (Å²) in [7, 11) is 0. The molecule has 2 saturated heterocycles. The molecule has 2 aliphatic heterocycles. The maximum Gasteiger partial charge on any atom is 0.407 e. The van der Waals surface area contributed by atoms with E-state index in [9.17, 15) is 23.2 Å². The standard InChI is InChI=1S/C18H25FN2O3.C13H17FN2O/c1-17(2,3)24-16(23)20-13-18(19)9-11-21(12-10-18)15(22)14-7-5-4-6-8-14;14-13(10-15)6-8-16(9-7-13)12(17)11-4-2-1-3-5-11/h4-8H,9-13H2,1-3H3,(H,20,23);1-5H,6-10,15H2. The van der Waals surface area contributed by atoms with E-state index in [1.165, 1.54) is 0 Å². The minimum atomic E-state index is -1.51. The van der Waals surface area contributed by atoms with Crippen molar-refractivity contribution in [2.24, 2.45) is 5.73 Å². The van der Waals surface area contributed by atoms with Crippen molar-refractivity contribution in [1.82, 2.24) is 15.1 Å². The monoisotopic (exact) mass is 572 g/mol. The third-order valence-corrected chi connectivity index (χ3v) is 7.25. The molecular formula is C31H42F2N4O4. The highest BCUT2D eigenvalue weighted by molar-refractivity contribution is 5.94. The molecular weight excluding hydrogens is 530 g/mol. The van der Waals surface area contributed by atoms with Crippen LogP contribution in [0.5, 0.6) is 0 Å². The van der Waals surface area contributed by atoms with E-state index >= 15 is 0 Å². The largest absolute Gasteiger partial charge is 0.444 e. The number of alkyl halides is 2. The van der Waals surface area contributed by atoms with Gasteiger partial charge in [-0.15, -0.1) is 0 Å². The number of nitrogens with two attached hydrogens (primary N) is 1. The number of hydrogen-bond acceptors (Lipinski definition) is 5. The summed E-state index contributed by atoms with van der Waals surface area (Å²) in [6, 6.07) is 18.1. The van der Waals surface area contributed by atoms with Gasteiger partial charge in [-0.3, -0.25) is 9.59 Å². The first-order valence-electron chi connectivity index (χ1n) is 14.1. The number of carbonyl (C=O) groups is 3. The third-order valence-electron chi connectivity index (χ3n) is 7.25. The number of alkyl carbamates (subject to hydrolysis) is 1. The van der Waals surface area contributed by atoms with Crippen molar-refractivity contribution in [3.05, 3.63) is 71.8 Å². The van der Waals surface area contributed by atoms with E-state index in [4.69, 9.17) is 10.5 Å². The van der Waals surface area contributed by atoms with Gasteiger partial charge in [0.2, 0.25) is 0 Å². The highest BCUT2D eigenvalue weighted by Crippen LogP contribution is 2.27. The summed E-state index contributed by atoms with van der Waals surface area (Å²) in [5.41, 5.74) is 3.25. The first-order valence-corrected chi connectivity index (χ1v) is 14.1. The van der Waals surface area contributed by atoms with E-state index < -0.39 is 23.0 Å². The Morgan fingerprint density at radius 3 is 1.54 bits per heavy atom. The number of hydrogen-bond donors (Lipinski definition) is 2. The molecule has 2 aromatic rings. The lowest BCUT2D eigenvalue weighted by atomic mass is 9.93. The van der Waals surface area contributed by atoms with Gasteiger partial charge in [0.25, 0.3) is 11.8 Å². The van der Waals surface area contributed by atoms with Crippen LogP contribution in [0.3, 0.4) is 0 Å². The summed E-state index contributed by atoms with van der Waals surface area (Å²) in [5, 5.41) is 2.49. The van der Waals surface area contributed by atoms with Crippen molar-refractivity contribution in [1.29, 1.82) is 0 Å². The van der Waals surface area contributed by atoms with E-state index in [0.29, 0.717) is 50.1 Å². The van der Waals surface area contributed by atoms with Crippen LogP contribution in [-0.4, -0.2) is 83.9 Å². The molecule has 2 heterocycles. The number of nitrogens with zero attached hydrogens (tertiary/aromatic N) is 2. The molecule has 0 unspecified atom stereocenters. The Balaban J connectivity index is 0.000000239. The van der Waals surface area contributed by atoms with Crippen LogP contribution in [0.2, 0.25) is 0 Å². The molecule has 0 aromatic heterocycles. The second-order valence-electron chi connectivity index (χ2n) is 11.7. The maximum absolute atomic E-state index is 14.8. The summed E-state index contributed by atoms with van der Waals surface area (Å²) >= 11 is 0. The fraction of sp³-hybridized carbons (Fsp3) is 0.516. The molecule has 3 N–H and O–H groups in total. The van der Waals surface area contributed by atoms with E-state index in [1.807, 2.05) is 24.3 Å². The van der Waals surface area contributed by atoms with Crippen molar-refractivity contribution in [3.63, 3.8) is 0 Å². The first kappa shape index (κ1) is 32.0. The molecule has 8 nitrogen and oxygen atoms in total. The summed E-state index contributed by atoms with van der Waals surface area (Å²) in [5.74, 6) is -0.109. The molecule has 10 heteroatoms. The van der Waals surface area contributed by atoms with E-state index in [2.05, 4.69) is 5.32 Å². The maximum atomic E-state index is 14.8. The predicted molar refractivity (Wildman–Crippen MR) is 154 cm³/mol. The summed E-state index contributed by atoms with van der Waals surface area (Å²) < 4.78 is 33.8. The van der Waals surface area contributed by atoms with Gasteiger partial charge in [0.15, 0.2) is 0 Å². The second-order valence-corrected chi connectivity index (χ2v) is 11.7. The molecule has 41 heavy (non-hydrogen) atoms. The Kier molecular flexibility index (Phi) is 10.8. The normalized spacial score (nSPS) is 18.0. The molecule has 3 amide bonds. The molecule has 4 rings (SSSR count). The highest BCUT2D eigenvalue weighted by Gasteiger charge is 2.37. The van der Waals surface area contributed by atoms with Gasteiger partial charge in [-0.25, -0.2) is 13.6 Å². The van der Waals surface area contributed by atoms with Crippen molar-refractivity contribution in [2.45, 2.75) is 63.4 Å². The van der Waals surface area contributed by atoms with Crippen LogP contribution in [0.25, 0.3) is 0 Å². The molecule has 0 saturated carbocycles. The molecule has 0 radical (unpaired) electrons. The number of piperidine rings is 2.